The van der Waals surface area contributed by atoms with E-state index in [1.807, 2.05) is 24.3 Å². The summed E-state index contributed by atoms with van der Waals surface area (Å²) in [5, 5.41) is 11.2. The van der Waals surface area contributed by atoms with Crippen LogP contribution in [0, 0.1) is 5.92 Å². The van der Waals surface area contributed by atoms with Crippen LogP contribution in [0.25, 0.3) is 0 Å². The smallest absolute Gasteiger partial charge is 0.191 e. The zero-order chi connectivity index (χ0) is 17.6. The molecule has 6 heteroatoms. The Bertz CT molecular complexity index is 703. The first-order valence-corrected chi connectivity index (χ1v) is 10.5. The average molecular weight is 396 g/mol. The molecule has 2 aromatic rings. The van der Waals surface area contributed by atoms with Gasteiger partial charge in [0.05, 0.1) is 0 Å². The summed E-state index contributed by atoms with van der Waals surface area (Å²) in [5.74, 6) is 2.48. The van der Waals surface area contributed by atoms with E-state index in [9.17, 15) is 0 Å². The first kappa shape index (κ1) is 18.8. The molecule has 1 aromatic carbocycles. The lowest BCUT2D eigenvalue weighted by Crippen LogP contribution is -2.13. The van der Waals surface area contributed by atoms with E-state index in [2.05, 4.69) is 21.3 Å². The Morgan fingerprint density at radius 2 is 1.88 bits per heavy atom. The molecule has 0 unspecified atom stereocenters. The maximum Gasteiger partial charge on any atom is 0.191 e. The van der Waals surface area contributed by atoms with Crippen molar-refractivity contribution in [2.45, 2.75) is 56.0 Å². The number of rotatable bonds is 7. The van der Waals surface area contributed by atoms with Gasteiger partial charge < -0.3 is 4.57 Å². The molecule has 0 radical (unpaired) electrons. The summed E-state index contributed by atoms with van der Waals surface area (Å²) < 4.78 is 2.18. The van der Waals surface area contributed by atoms with E-state index in [0.717, 1.165) is 35.4 Å². The van der Waals surface area contributed by atoms with Crippen molar-refractivity contribution in [3.63, 3.8) is 0 Å². The number of hydrogen-bond donors (Lipinski definition) is 0. The molecule has 0 amide bonds. The van der Waals surface area contributed by atoms with Crippen molar-refractivity contribution >= 4 is 35.0 Å². The lowest BCUT2D eigenvalue weighted by Gasteiger charge is -2.21. The van der Waals surface area contributed by atoms with Gasteiger partial charge in [-0.3, -0.25) is 0 Å². The highest BCUT2D eigenvalue weighted by Crippen LogP contribution is 2.32. The summed E-state index contributed by atoms with van der Waals surface area (Å²) in [6.07, 6.45) is 9.57. The summed E-state index contributed by atoms with van der Waals surface area (Å²) >= 11 is 14.2. The van der Waals surface area contributed by atoms with Crippen LogP contribution in [0.4, 0.5) is 0 Å². The molecule has 1 aliphatic rings. The highest BCUT2D eigenvalue weighted by atomic mass is 35.5. The standard InChI is InChI=1S/C19H23Cl2N3S/c1-2-11-24-18(12-14-7-4-3-5-8-14)22-23-19(24)25-13-15-16(20)9-6-10-17(15)21/h2,6,9-10,14H,1,3-5,7-8,11-13H2. The molecule has 0 spiro atoms. The SMILES string of the molecule is C=CCn1c(CC2CCCCC2)nnc1SCc1c(Cl)cccc1Cl. The third-order valence-electron chi connectivity index (χ3n) is 4.71. The molecule has 0 aliphatic heterocycles. The van der Waals surface area contributed by atoms with Crippen LogP contribution >= 0.6 is 35.0 Å². The average Bonchev–Trinajstić information content (AvgIpc) is 2.98. The van der Waals surface area contributed by atoms with E-state index in [-0.39, 0.29) is 0 Å². The van der Waals surface area contributed by atoms with Gasteiger partial charge in [-0.2, -0.15) is 0 Å². The summed E-state index contributed by atoms with van der Waals surface area (Å²) in [6.45, 7) is 4.61. The second kappa shape index (κ2) is 9.11. The molecule has 134 valence electrons. The Kier molecular flexibility index (Phi) is 6.85. The molecule has 1 saturated carbocycles. The largest absolute Gasteiger partial charge is 0.302 e. The summed E-state index contributed by atoms with van der Waals surface area (Å²) in [5.41, 5.74) is 0.942. The summed E-state index contributed by atoms with van der Waals surface area (Å²) in [6, 6.07) is 5.60. The number of hydrogen-bond acceptors (Lipinski definition) is 3. The number of aromatic nitrogens is 3. The van der Waals surface area contributed by atoms with Gasteiger partial charge in [0.2, 0.25) is 0 Å². The fraction of sp³-hybridized carbons (Fsp3) is 0.474. The number of allylic oxidation sites excluding steroid dienone is 1. The molecule has 25 heavy (non-hydrogen) atoms. The third kappa shape index (κ3) is 4.81. The highest BCUT2D eigenvalue weighted by Gasteiger charge is 2.19. The van der Waals surface area contributed by atoms with E-state index in [1.54, 1.807) is 11.8 Å². The van der Waals surface area contributed by atoms with Crippen molar-refractivity contribution in [3.8, 4) is 0 Å². The number of halogens is 2. The van der Waals surface area contributed by atoms with Crippen LogP contribution in [0.1, 0.15) is 43.5 Å². The Hall–Kier alpha value is -0.970. The van der Waals surface area contributed by atoms with Crippen molar-refractivity contribution in [2.24, 2.45) is 5.92 Å². The number of benzene rings is 1. The van der Waals surface area contributed by atoms with Crippen LogP contribution in [0.3, 0.4) is 0 Å². The molecule has 1 fully saturated rings. The van der Waals surface area contributed by atoms with Gasteiger partial charge in [-0.1, -0.05) is 79.2 Å². The monoisotopic (exact) mass is 395 g/mol. The van der Waals surface area contributed by atoms with Crippen molar-refractivity contribution in [1.82, 2.24) is 14.8 Å². The second-order valence-electron chi connectivity index (χ2n) is 6.50. The van der Waals surface area contributed by atoms with Crippen molar-refractivity contribution < 1.29 is 0 Å². The van der Waals surface area contributed by atoms with Gasteiger partial charge in [0.15, 0.2) is 5.16 Å². The minimum atomic E-state index is 0.678. The number of nitrogens with zero attached hydrogens (tertiary/aromatic N) is 3. The van der Waals surface area contributed by atoms with Crippen LogP contribution < -0.4 is 0 Å². The molecule has 3 rings (SSSR count). The van der Waals surface area contributed by atoms with Gasteiger partial charge in [-0.05, 0) is 23.6 Å². The molecule has 1 heterocycles. The molecule has 0 saturated heterocycles. The van der Waals surface area contributed by atoms with E-state index in [0.29, 0.717) is 15.8 Å². The van der Waals surface area contributed by atoms with Crippen molar-refractivity contribution in [2.75, 3.05) is 0 Å². The van der Waals surface area contributed by atoms with E-state index in [4.69, 9.17) is 23.2 Å². The van der Waals surface area contributed by atoms with E-state index < -0.39 is 0 Å². The second-order valence-corrected chi connectivity index (χ2v) is 8.25. The van der Waals surface area contributed by atoms with Crippen molar-refractivity contribution in [1.29, 1.82) is 0 Å². The predicted octanol–water partition coefficient (Wildman–Crippen LogP) is 6.19. The Morgan fingerprint density at radius 1 is 1.16 bits per heavy atom. The molecule has 1 aliphatic carbocycles. The van der Waals surface area contributed by atoms with Gasteiger partial charge in [-0.25, -0.2) is 0 Å². The first-order valence-electron chi connectivity index (χ1n) is 8.77. The lowest BCUT2D eigenvalue weighted by molar-refractivity contribution is 0.347. The molecule has 0 N–H and O–H groups in total. The maximum absolute atomic E-state index is 6.27. The van der Waals surface area contributed by atoms with Crippen LogP contribution in [0.5, 0.6) is 0 Å². The molecule has 1 aromatic heterocycles. The first-order chi connectivity index (χ1) is 12.2. The quantitative estimate of drug-likeness (QED) is 0.413. The minimum Gasteiger partial charge on any atom is -0.302 e. The van der Waals surface area contributed by atoms with Gasteiger partial charge in [0, 0.05) is 28.8 Å². The maximum atomic E-state index is 6.27. The minimum absolute atomic E-state index is 0.678. The Balaban J connectivity index is 1.73. The fourth-order valence-electron chi connectivity index (χ4n) is 3.35. The van der Waals surface area contributed by atoms with E-state index in [1.165, 1.54) is 32.1 Å². The van der Waals surface area contributed by atoms with Crippen LogP contribution in [0.2, 0.25) is 10.0 Å². The normalized spacial score (nSPS) is 15.4. The van der Waals surface area contributed by atoms with Crippen LogP contribution in [-0.2, 0) is 18.7 Å². The summed E-state index contributed by atoms with van der Waals surface area (Å²) in [7, 11) is 0. The van der Waals surface area contributed by atoms with Gasteiger partial charge in [0.25, 0.3) is 0 Å². The van der Waals surface area contributed by atoms with Crippen LogP contribution in [-0.4, -0.2) is 14.8 Å². The van der Waals surface area contributed by atoms with Gasteiger partial charge in [-0.15, -0.1) is 16.8 Å². The third-order valence-corrected chi connectivity index (χ3v) is 6.41. The molecular formula is C19H23Cl2N3S. The zero-order valence-electron chi connectivity index (χ0n) is 14.3. The van der Waals surface area contributed by atoms with Crippen molar-refractivity contribution in [3.05, 3.63) is 52.3 Å². The highest BCUT2D eigenvalue weighted by molar-refractivity contribution is 7.98. The van der Waals surface area contributed by atoms with Crippen LogP contribution in [0.15, 0.2) is 36.0 Å². The van der Waals surface area contributed by atoms with E-state index >= 15 is 0 Å². The Labute approximate surface area is 163 Å². The molecule has 0 atom stereocenters. The Morgan fingerprint density at radius 3 is 2.56 bits per heavy atom. The predicted molar refractivity (Wildman–Crippen MR) is 107 cm³/mol. The topological polar surface area (TPSA) is 30.7 Å². The molecule has 3 nitrogen and oxygen atoms in total. The van der Waals surface area contributed by atoms with Gasteiger partial charge in [0.1, 0.15) is 5.82 Å². The zero-order valence-corrected chi connectivity index (χ0v) is 16.6. The fourth-order valence-corrected chi connectivity index (χ4v) is 5.05. The lowest BCUT2D eigenvalue weighted by atomic mass is 9.87. The summed E-state index contributed by atoms with van der Waals surface area (Å²) in [4.78, 5) is 0. The van der Waals surface area contributed by atoms with Gasteiger partial charge >= 0.3 is 0 Å². The number of thioether (sulfide) groups is 1. The molecular weight excluding hydrogens is 373 g/mol. The molecule has 0 bridgehead atoms.